The minimum atomic E-state index is -3.39. The SMILES string of the molecule is CS(=O)(=O)N1CC2(CCN(C(=O)[C@H](COCc3ccc(Cl)cc3)NCc3ccccc3)CC2)c2ccccc21. The molecule has 5 rings (SSSR count). The maximum atomic E-state index is 13.7. The molecule has 7 nitrogen and oxygen atoms in total. The second-order valence-electron chi connectivity index (χ2n) is 10.5. The highest BCUT2D eigenvalue weighted by Crippen LogP contribution is 2.47. The number of halogens is 1. The van der Waals surface area contributed by atoms with Crippen LogP contribution in [0.4, 0.5) is 5.69 Å². The van der Waals surface area contributed by atoms with Gasteiger partial charge in [-0.15, -0.1) is 0 Å². The number of sulfonamides is 1. The number of rotatable bonds is 9. The minimum absolute atomic E-state index is 0.00291. The van der Waals surface area contributed by atoms with Crippen molar-refractivity contribution in [1.82, 2.24) is 10.2 Å². The van der Waals surface area contributed by atoms with Crippen LogP contribution in [0.15, 0.2) is 78.9 Å². The molecule has 0 saturated carbocycles. The molecular weight excluding hydrogens is 534 g/mol. The zero-order valence-electron chi connectivity index (χ0n) is 22.1. The van der Waals surface area contributed by atoms with E-state index in [1.165, 1.54) is 10.6 Å². The van der Waals surface area contributed by atoms with Gasteiger partial charge in [0.05, 0.1) is 25.2 Å². The third-order valence-electron chi connectivity index (χ3n) is 7.78. The molecule has 1 atom stereocenters. The molecule has 1 amide bonds. The standard InChI is InChI=1S/C30H34ClN3O4S/c1-39(36,37)34-22-30(26-9-5-6-10-28(26)34)15-17-33(18-16-30)29(35)27(32-19-23-7-3-2-4-8-23)21-38-20-24-11-13-25(31)14-12-24/h2-14,27,32H,15-22H2,1H3/t27-/m0/s1. The highest BCUT2D eigenvalue weighted by Gasteiger charge is 2.47. The predicted molar refractivity (Wildman–Crippen MR) is 154 cm³/mol. The molecule has 2 aliphatic rings. The van der Waals surface area contributed by atoms with E-state index >= 15 is 0 Å². The van der Waals surface area contributed by atoms with Gasteiger partial charge in [-0.3, -0.25) is 14.4 Å². The first-order chi connectivity index (χ1) is 18.7. The van der Waals surface area contributed by atoms with E-state index in [0.717, 1.165) is 22.4 Å². The number of amides is 1. The van der Waals surface area contributed by atoms with Crippen molar-refractivity contribution >= 4 is 33.2 Å². The molecule has 1 fully saturated rings. The number of para-hydroxylation sites is 1. The van der Waals surface area contributed by atoms with Crippen molar-refractivity contribution in [3.05, 3.63) is 101 Å². The molecule has 0 aliphatic carbocycles. The van der Waals surface area contributed by atoms with Gasteiger partial charge in [0.2, 0.25) is 15.9 Å². The molecule has 1 spiro atoms. The summed E-state index contributed by atoms with van der Waals surface area (Å²) in [7, 11) is -3.39. The summed E-state index contributed by atoms with van der Waals surface area (Å²) in [6, 6.07) is 24.7. The number of likely N-dealkylation sites (tertiary alicyclic amines) is 1. The summed E-state index contributed by atoms with van der Waals surface area (Å²) in [5.74, 6) is 0.00291. The number of carbonyl (C=O) groups excluding carboxylic acids is 1. The number of hydrogen-bond acceptors (Lipinski definition) is 5. The number of carbonyl (C=O) groups is 1. The zero-order valence-corrected chi connectivity index (χ0v) is 23.6. The number of nitrogens with zero attached hydrogens (tertiary/aromatic N) is 2. The van der Waals surface area contributed by atoms with E-state index < -0.39 is 16.1 Å². The first-order valence-corrected chi connectivity index (χ1v) is 15.4. The lowest BCUT2D eigenvalue weighted by molar-refractivity contribution is -0.136. The van der Waals surface area contributed by atoms with Gasteiger partial charge in [0.1, 0.15) is 6.04 Å². The maximum Gasteiger partial charge on any atom is 0.242 e. The second kappa shape index (κ2) is 11.7. The highest BCUT2D eigenvalue weighted by molar-refractivity contribution is 7.92. The predicted octanol–water partition coefficient (Wildman–Crippen LogP) is 4.36. The van der Waals surface area contributed by atoms with E-state index in [4.69, 9.17) is 16.3 Å². The van der Waals surface area contributed by atoms with Crippen LogP contribution in [0.1, 0.15) is 29.5 Å². The number of anilines is 1. The van der Waals surface area contributed by atoms with E-state index in [2.05, 4.69) is 5.32 Å². The van der Waals surface area contributed by atoms with Gasteiger partial charge in [0, 0.05) is 36.6 Å². The normalized spacial score (nSPS) is 17.3. The Hall–Kier alpha value is -2.91. The summed E-state index contributed by atoms with van der Waals surface area (Å²) in [6.45, 7) is 2.72. The van der Waals surface area contributed by atoms with Gasteiger partial charge in [0.25, 0.3) is 0 Å². The summed E-state index contributed by atoms with van der Waals surface area (Å²) in [5, 5.41) is 4.08. The van der Waals surface area contributed by atoms with Gasteiger partial charge in [-0.1, -0.05) is 72.3 Å². The summed E-state index contributed by atoms with van der Waals surface area (Å²) in [5.41, 5.74) is 3.62. The molecule has 3 aromatic carbocycles. The quantitative estimate of drug-likeness (QED) is 0.416. The van der Waals surface area contributed by atoms with E-state index in [9.17, 15) is 13.2 Å². The molecule has 9 heteroatoms. The lowest BCUT2D eigenvalue weighted by atomic mass is 9.74. The first kappa shape index (κ1) is 27.6. The second-order valence-corrected chi connectivity index (χ2v) is 12.8. The molecule has 1 saturated heterocycles. The Bertz CT molecular complexity index is 1390. The van der Waals surface area contributed by atoms with Crippen LogP contribution in [-0.2, 0) is 38.1 Å². The topological polar surface area (TPSA) is 79.0 Å². The largest absolute Gasteiger partial charge is 0.375 e. The fourth-order valence-corrected chi connectivity index (χ4v) is 6.74. The Morgan fingerprint density at radius 2 is 1.64 bits per heavy atom. The molecular formula is C30H34ClN3O4S. The molecule has 2 aliphatic heterocycles. The van der Waals surface area contributed by atoms with Crippen molar-refractivity contribution in [1.29, 1.82) is 0 Å². The van der Waals surface area contributed by atoms with Gasteiger partial charge in [0.15, 0.2) is 0 Å². The van der Waals surface area contributed by atoms with Gasteiger partial charge < -0.3 is 9.64 Å². The molecule has 206 valence electrons. The number of benzene rings is 3. The van der Waals surface area contributed by atoms with Crippen molar-refractivity contribution in [2.75, 3.05) is 36.8 Å². The van der Waals surface area contributed by atoms with Crippen molar-refractivity contribution in [2.24, 2.45) is 0 Å². The van der Waals surface area contributed by atoms with Crippen LogP contribution >= 0.6 is 11.6 Å². The Morgan fingerprint density at radius 1 is 0.974 bits per heavy atom. The van der Waals surface area contributed by atoms with E-state index in [1.807, 2.05) is 83.8 Å². The van der Waals surface area contributed by atoms with Gasteiger partial charge in [-0.25, -0.2) is 8.42 Å². The number of nitrogens with one attached hydrogen (secondary N) is 1. The minimum Gasteiger partial charge on any atom is -0.375 e. The fraction of sp³-hybridized carbons (Fsp3) is 0.367. The Morgan fingerprint density at radius 3 is 2.33 bits per heavy atom. The van der Waals surface area contributed by atoms with Crippen LogP contribution in [0.2, 0.25) is 5.02 Å². The maximum absolute atomic E-state index is 13.7. The molecule has 0 radical (unpaired) electrons. The summed E-state index contributed by atoms with van der Waals surface area (Å²) >= 11 is 5.99. The lowest BCUT2D eigenvalue weighted by Gasteiger charge is -2.41. The molecule has 0 unspecified atom stereocenters. The lowest BCUT2D eigenvalue weighted by Crippen LogP contribution is -2.54. The van der Waals surface area contributed by atoms with E-state index in [1.54, 1.807) is 0 Å². The third-order valence-corrected chi connectivity index (χ3v) is 9.16. The van der Waals surface area contributed by atoms with Crippen LogP contribution in [-0.4, -0.2) is 57.8 Å². The summed E-state index contributed by atoms with van der Waals surface area (Å²) < 4.78 is 32.6. The van der Waals surface area contributed by atoms with Crippen molar-refractivity contribution in [3.8, 4) is 0 Å². The molecule has 39 heavy (non-hydrogen) atoms. The first-order valence-electron chi connectivity index (χ1n) is 13.2. The van der Waals surface area contributed by atoms with E-state index in [0.29, 0.717) is 50.7 Å². The molecule has 2 heterocycles. The van der Waals surface area contributed by atoms with Crippen LogP contribution in [0, 0.1) is 0 Å². The average molecular weight is 568 g/mol. The van der Waals surface area contributed by atoms with Crippen LogP contribution in [0.3, 0.4) is 0 Å². The summed E-state index contributed by atoms with van der Waals surface area (Å²) in [6.07, 6.45) is 2.67. The highest BCUT2D eigenvalue weighted by atomic mass is 35.5. The fourth-order valence-electron chi connectivity index (χ4n) is 5.61. The van der Waals surface area contributed by atoms with Crippen molar-refractivity contribution in [2.45, 2.75) is 37.5 Å². The molecule has 1 N–H and O–H groups in total. The molecule has 0 bridgehead atoms. The average Bonchev–Trinajstić information content (AvgIpc) is 3.27. The number of ether oxygens (including phenoxy) is 1. The van der Waals surface area contributed by atoms with Gasteiger partial charge >= 0.3 is 0 Å². The summed E-state index contributed by atoms with van der Waals surface area (Å²) in [4.78, 5) is 15.6. The van der Waals surface area contributed by atoms with Gasteiger partial charge in [-0.05, 0) is 47.7 Å². The monoisotopic (exact) mass is 567 g/mol. The van der Waals surface area contributed by atoms with Crippen LogP contribution in [0.5, 0.6) is 0 Å². The van der Waals surface area contributed by atoms with Crippen molar-refractivity contribution < 1.29 is 17.9 Å². The number of fused-ring (bicyclic) bond motifs is 2. The van der Waals surface area contributed by atoms with Crippen LogP contribution in [0.25, 0.3) is 0 Å². The smallest absolute Gasteiger partial charge is 0.242 e. The zero-order chi connectivity index (χ0) is 27.5. The molecule has 3 aromatic rings. The molecule has 0 aromatic heterocycles. The Kier molecular flexibility index (Phi) is 8.28. The van der Waals surface area contributed by atoms with E-state index in [-0.39, 0.29) is 17.9 Å². The Balaban J connectivity index is 1.26. The van der Waals surface area contributed by atoms with Crippen LogP contribution < -0.4 is 9.62 Å². The number of piperidine rings is 1. The van der Waals surface area contributed by atoms with Crippen molar-refractivity contribution in [3.63, 3.8) is 0 Å². The Labute approximate surface area is 235 Å². The third kappa shape index (κ3) is 6.30. The number of hydrogen-bond donors (Lipinski definition) is 1. The van der Waals surface area contributed by atoms with Gasteiger partial charge in [-0.2, -0.15) is 0 Å².